The summed E-state index contributed by atoms with van der Waals surface area (Å²) in [6.45, 7) is 4.20. The number of nitrogens with zero attached hydrogens (tertiary/aromatic N) is 2. The molecule has 0 unspecified atom stereocenters. The van der Waals surface area contributed by atoms with Crippen molar-refractivity contribution in [1.29, 1.82) is 0 Å². The number of rotatable bonds is 2. The van der Waals surface area contributed by atoms with Gasteiger partial charge in [-0.15, -0.1) is 0 Å². The van der Waals surface area contributed by atoms with Crippen molar-refractivity contribution in [3.8, 4) is 0 Å². The first-order chi connectivity index (χ1) is 11.2. The highest BCUT2D eigenvalue weighted by molar-refractivity contribution is 6.07. The molecule has 0 radical (unpaired) electrons. The molecule has 0 bridgehead atoms. The summed E-state index contributed by atoms with van der Waals surface area (Å²) < 4.78 is 7.34. The molecular formula is C18H18N2O3. The van der Waals surface area contributed by atoms with E-state index in [9.17, 15) is 9.59 Å². The monoisotopic (exact) mass is 310 g/mol. The summed E-state index contributed by atoms with van der Waals surface area (Å²) in [6.07, 6.45) is 2.09. The zero-order chi connectivity index (χ0) is 16.0. The van der Waals surface area contributed by atoms with Crippen LogP contribution < -0.4 is 5.63 Å². The molecule has 1 aromatic carbocycles. The van der Waals surface area contributed by atoms with E-state index in [1.165, 1.54) is 0 Å². The predicted octanol–water partition coefficient (Wildman–Crippen LogP) is 3.00. The average molecular weight is 310 g/mol. The summed E-state index contributed by atoms with van der Waals surface area (Å²) in [6, 6.07) is 9.16. The summed E-state index contributed by atoms with van der Waals surface area (Å²) in [5, 5.41) is 1.34. The van der Waals surface area contributed by atoms with Gasteiger partial charge in [0.2, 0.25) is 0 Å². The van der Waals surface area contributed by atoms with Gasteiger partial charge in [-0.3, -0.25) is 4.79 Å². The van der Waals surface area contributed by atoms with Crippen LogP contribution in [0.5, 0.6) is 0 Å². The van der Waals surface area contributed by atoms with Gasteiger partial charge in [0.15, 0.2) is 0 Å². The number of aryl methyl sites for hydroxylation is 1. The normalized spacial score (nSPS) is 14.9. The molecule has 2 aromatic heterocycles. The fraction of sp³-hybridized carbons (Fsp3) is 0.333. The van der Waals surface area contributed by atoms with Gasteiger partial charge >= 0.3 is 5.63 Å². The molecule has 4 rings (SSSR count). The molecule has 23 heavy (non-hydrogen) atoms. The van der Waals surface area contributed by atoms with Crippen molar-refractivity contribution >= 4 is 27.8 Å². The van der Waals surface area contributed by atoms with E-state index in [-0.39, 0.29) is 11.5 Å². The highest BCUT2D eigenvalue weighted by Crippen LogP contribution is 2.27. The van der Waals surface area contributed by atoms with Crippen LogP contribution in [0.4, 0.5) is 0 Å². The fourth-order valence-electron chi connectivity index (χ4n) is 3.49. The molecule has 5 heteroatoms. The SMILES string of the molecule is CCn1c(C(=O)N2CCCC2)cc2c(=O)oc3ccccc3c21. The Morgan fingerprint density at radius 1 is 1.17 bits per heavy atom. The molecule has 1 saturated heterocycles. The Hall–Kier alpha value is -2.56. The first kappa shape index (κ1) is 14.1. The van der Waals surface area contributed by atoms with Gasteiger partial charge in [-0.05, 0) is 38.0 Å². The number of carbonyl (C=O) groups excluding carboxylic acids is 1. The van der Waals surface area contributed by atoms with Crippen LogP contribution in [0.2, 0.25) is 0 Å². The highest BCUT2D eigenvalue weighted by atomic mass is 16.4. The van der Waals surface area contributed by atoms with Gasteiger partial charge in [0.25, 0.3) is 5.91 Å². The molecule has 118 valence electrons. The standard InChI is InChI=1S/C18H18N2O3/c1-2-20-14(17(21)19-9-5-6-10-19)11-13-16(20)12-7-3-4-8-15(12)23-18(13)22/h3-4,7-8,11H,2,5-6,9-10H2,1H3. The fourth-order valence-corrected chi connectivity index (χ4v) is 3.49. The molecule has 1 aliphatic heterocycles. The van der Waals surface area contributed by atoms with Crippen LogP contribution in [0.3, 0.4) is 0 Å². The Morgan fingerprint density at radius 3 is 2.65 bits per heavy atom. The summed E-state index contributed by atoms with van der Waals surface area (Å²) in [4.78, 5) is 27.0. The van der Waals surface area contributed by atoms with Crippen LogP contribution >= 0.6 is 0 Å². The van der Waals surface area contributed by atoms with E-state index in [0.29, 0.717) is 23.2 Å². The number of para-hydroxylation sites is 1. The van der Waals surface area contributed by atoms with Crippen molar-refractivity contribution in [2.45, 2.75) is 26.3 Å². The molecular weight excluding hydrogens is 292 g/mol. The third-order valence-electron chi connectivity index (χ3n) is 4.59. The number of hydrogen-bond acceptors (Lipinski definition) is 3. The van der Waals surface area contributed by atoms with Gasteiger partial charge in [0.05, 0.1) is 10.9 Å². The number of amides is 1. The zero-order valence-corrected chi connectivity index (χ0v) is 13.0. The Bertz CT molecular complexity index is 961. The predicted molar refractivity (Wildman–Crippen MR) is 88.8 cm³/mol. The molecule has 1 fully saturated rings. The molecule has 1 amide bonds. The number of aromatic nitrogens is 1. The minimum atomic E-state index is -0.388. The smallest absolute Gasteiger partial charge is 0.345 e. The summed E-state index contributed by atoms with van der Waals surface area (Å²) in [5.41, 5.74) is 1.54. The second-order valence-corrected chi connectivity index (χ2v) is 5.92. The van der Waals surface area contributed by atoms with E-state index in [0.717, 1.165) is 36.8 Å². The number of carbonyl (C=O) groups is 1. The van der Waals surface area contributed by atoms with E-state index in [4.69, 9.17) is 4.42 Å². The van der Waals surface area contributed by atoms with Crippen LogP contribution in [-0.2, 0) is 6.54 Å². The van der Waals surface area contributed by atoms with Crippen molar-refractivity contribution in [3.63, 3.8) is 0 Å². The second kappa shape index (κ2) is 5.26. The maximum Gasteiger partial charge on any atom is 0.345 e. The van der Waals surface area contributed by atoms with Gasteiger partial charge in [0, 0.05) is 25.0 Å². The first-order valence-electron chi connectivity index (χ1n) is 8.05. The quantitative estimate of drug-likeness (QED) is 0.684. The minimum absolute atomic E-state index is 0.00373. The molecule has 0 N–H and O–H groups in total. The van der Waals surface area contributed by atoms with E-state index in [1.807, 2.05) is 34.6 Å². The average Bonchev–Trinajstić information content (AvgIpc) is 3.22. The lowest BCUT2D eigenvalue weighted by molar-refractivity contribution is 0.0783. The molecule has 0 atom stereocenters. The molecule has 3 aromatic rings. The highest BCUT2D eigenvalue weighted by Gasteiger charge is 2.25. The molecule has 5 nitrogen and oxygen atoms in total. The minimum Gasteiger partial charge on any atom is -0.422 e. The van der Waals surface area contributed by atoms with Crippen molar-refractivity contribution in [2.75, 3.05) is 13.1 Å². The third-order valence-corrected chi connectivity index (χ3v) is 4.59. The van der Waals surface area contributed by atoms with Crippen molar-refractivity contribution < 1.29 is 9.21 Å². The van der Waals surface area contributed by atoms with Gasteiger partial charge in [-0.1, -0.05) is 12.1 Å². The van der Waals surface area contributed by atoms with E-state index in [1.54, 1.807) is 12.1 Å². The van der Waals surface area contributed by atoms with Crippen molar-refractivity contribution in [2.24, 2.45) is 0 Å². The number of fused-ring (bicyclic) bond motifs is 3. The van der Waals surface area contributed by atoms with Crippen molar-refractivity contribution in [1.82, 2.24) is 9.47 Å². The van der Waals surface area contributed by atoms with Crippen LogP contribution in [0, 0.1) is 0 Å². The summed E-state index contributed by atoms with van der Waals surface area (Å²) in [5.74, 6) is 0.00373. The molecule has 0 saturated carbocycles. The lowest BCUT2D eigenvalue weighted by Crippen LogP contribution is -2.29. The van der Waals surface area contributed by atoms with Gasteiger partial charge in [-0.25, -0.2) is 4.79 Å². The second-order valence-electron chi connectivity index (χ2n) is 5.92. The van der Waals surface area contributed by atoms with Crippen LogP contribution in [0.1, 0.15) is 30.3 Å². The Balaban J connectivity index is 2.03. The lowest BCUT2D eigenvalue weighted by Gasteiger charge is -2.16. The van der Waals surface area contributed by atoms with Gasteiger partial charge in [-0.2, -0.15) is 0 Å². The van der Waals surface area contributed by atoms with E-state index >= 15 is 0 Å². The van der Waals surface area contributed by atoms with E-state index in [2.05, 4.69) is 0 Å². The summed E-state index contributed by atoms with van der Waals surface area (Å²) in [7, 11) is 0. The largest absolute Gasteiger partial charge is 0.422 e. The topological polar surface area (TPSA) is 55.5 Å². The van der Waals surface area contributed by atoms with Crippen LogP contribution in [-0.4, -0.2) is 28.5 Å². The van der Waals surface area contributed by atoms with Crippen LogP contribution in [0.25, 0.3) is 21.9 Å². The molecule has 0 spiro atoms. The Kier molecular flexibility index (Phi) is 3.22. The third kappa shape index (κ3) is 2.07. The molecule has 3 heterocycles. The van der Waals surface area contributed by atoms with Gasteiger partial charge in [0.1, 0.15) is 11.3 Å². The maximum atomic E-state index is 12.8. The van der Waals surface area contributed by atoms with Gasteiger partial charge < -0.3 is 13.9 Å². The number of likely N-dealkylation sites (tertiary alicyclic amines) is 1. The zero-order valence-electron chi connectivity index (χ0n) is 13.0. The summed E-state index contributed by atoms with van der Waals surface area (Å²) >= 11 is 0. The molecule has 0 aliphatic carbocycles. The molecule has 1 aliphatic rings. The number of benzene rings is 1. The first-order valence-corrected chi connectivity index (χ1v) is 8.05. The Morgan fingerprint density at radius 2 is 1.91 bits per heavy atom. The van der Waals surface area contributed by atoms with E-state index < -0.39 is 0 Å². The van der Waals surface area contributed by atoms with Crippen LogP contribution in [0.15, 0.2) is 39.5 Å². The maximum absolute atomic E-state index is 12.8. The number of hydrogen-bond donors (Lipinski definition) is 0. The van der Waals surface area contributed by atoms with Crippen molar-refractivity contribution in [3.05, 3.63) is 46.4 Å². The Labute approximate surface area is 133 Å². The lowest BCUT2D eigenvalue weighted by atomic mass is 10.2.